The first kappa shape index (κ1) is 11.6. The van der Waals surface area contributed by atoms with E-state index >= 15 is 0 Å². The average molecular weight is 269 g/mol. The number of hydrogen-bond acceptors (Lipinski definition) is 4. The predicted molar refractivity (Wildman–Crippen MR) is 73.2 cm³/mol. The number of pyridine rings is 1. The molecule has 0 amide bonds. The molecule has 1 aromatic carbocycles. The summed E-state index contributed by atoms with van der Waals surface area (Å²) in [6.07, 6.45) is 3.83. The van der Waals surface area contributed by atoms with Gasteiger partial charge in [0.1, 0.15) is 12.4 Å². The maximum atomic E-state index is 9.36. The number of rotatable bonds is 2. The standard InChI is InChI=1S/C16H15NO3/c18-13-7-14-16(17-8-13)20-15(9-19-14)12-5-3-11(4-6-12)10-1-2-10/h3-8,10,15,18H,1-2,9H2. The number of nitrogens with zero attached hydrogens (tertiary/aromatic N) is 1. The van der Waals surface area contributed by atoms with Crippen molar-refractivity contribution in [2.24, 2.45) is 0 Å². The van der Waals surface area contributed by atoms with Crippen molar-refractivity contribution in [3.05, 3.63) is 47.7 Å². The molecule has 2 aliphatic rings. The van der Waals surface area contributed by atoms with E-state index in [2.05, 4.69) is 29.2 Å². The van der Waals surface area contributed by atoms with Crippen LogP contribution in [-0.2, 0) is 0 Å². The van der Waals surface area contributed by atoms with Crippen LogP contribution in [0.2, 0.25) is 0 Å². The quantitative estimate of drug-likeness (QED) is 0.909. The Kier molecular flexibility index (Phi) is 2.55. The summed E-state index contributed by atoms with van der Waals surface area (Å²) in [6, 6.07) is 10.1. The molecule has 1 aromatic heterocycles. The minimum absolute atomic E-state index is 0.0830. The van der Waals surface area contributed by atoms with Crippen LogP contribution in [0.4, 0.5) is 0 Å². The fourth-order valence-corrected chi connectivity index (χ4v) is 2.51. The van der Waals surface area contributed by atoms with Crippen LogP contribution in [-0.4, -0.2) is 16.7 Å². The molecule has 2 aromatic rings. The van der Waals surface area contributed by atoms with Crippen LogP contribution in [0, 0.1) is 0 Å². The molecule has 1 saturated carbocycles. The van der Waals surface area contributed by atoms with Gasteiger partial charge >= 0.3 is 0 Å². The van der Waals surface area contributed by atoms with Gasteiger partial charge in [0.2, 0.25) is 0 Å². The summed E-state index contributed by atoms with van der Waals surface area (Å²) in [5.41, 5.74) is 2.50. The van der Waals surface area contributed by atoms with Crippen molar-refractivity contribution >= 4 is 0 Å². The fourth-order valence-electron chi connectivity index (χ4n) is 2.51. The molecular weight excluding hydrogens is 254 g/mol. The topological polar surface area (TPSA) is 51.6 Å². The molecule has 4 nitrogen and oxygen atoms in total. The molecule has 4 rings (SSSR count). The maximum absolute atomic E-state index is 9.36. The molecule has 4 heteroatoms. The lowest BCUT2D eigenvalue weighted by atomic mass is 10.0. The Balaban J connectivity index is 1.56. The van der Waals surface area contributed by atoms with Crippen LogP contribution >= 0.6 is 0 Å². The Labute approximate surface area is 117 Å². The molecule has 2 heterocycles. The van der Waals surface area contributed by atoms with E-state index in [1.807, 2.05) is 0 Å². The first-order valence-electron chi connectivity index (χ1n) is 6.88. The third-order valence-corrected chi connectivity index (χ3v) is 3.80. The van der Waals surface area contributed by atoms with Crippen molar-refractivity contribution in [3.63, 3.8) is 0 Å². The van der Waals surface area contributed by atoms with E-state index in [1.165, 1.54) is 30.7 Å². The van der Waals surface area contributed by atoms with Gasteiger partial charge in [-0.3, -0.25) is 0 Å². The molecule has 1 unspecified atom stereocenters. The van der Waals surface area contributed by atoms with Crippen LogP contribution in [0.3, 0.4) is 0 Å². The van der Waals surface area contributed by atoms with Gasteiger partial charge in [-0.15, -0.1) is 0 Å². The number of aromatic nitrogens is 1. The second-order valence-electron chi connectivity index (χ2n) is 5.36. The molecule has 1 N–H and O–H groups in total. The van der Waals surface area contributed by atoms with E-state index in [0.717, 1.165) is 11.5 Å². The molecule has 102 valence electrons. The summed E-state index contributed by atoms with van der Waals surface area (Å²) in [4.78, 5) is 4.05. The van der Waals surface area contributed by atoms with Crippen LogP contribution in [0.15, 0.2) is 36.5 Å². The Morgan fingerprint density at radius 2 is 1.85 bits per heavy atom. The van der Waals surface area contributed by atoms with Gasteiger partial charge in [-0.1, -0.05) is 24.3 Å². The molecule has 0 saturated heterocycles. The number of hydrogen-bond donors (Lipinski definition) is 1. The highest BCUT2D eigenvalue weighted by Gasteiger charge is 2.26. The van der Waals surface area contributed by atoms with Crippen LogP contribution in [0.25, 0.3) is 0 Å². The van der Waals surface area contributed by atoms with E-state index in [4.69, 9.17) is 9.47 Å². The Bertz CT molecular complexity index is 635. The van der Waals surface area contributed by atoms with Gasteiger partial charge in [-0.25, -0.2) is 4.98 Å². The van der Waals surface area contributed by atoms with Gasteiger partial charge in [0.25, 0.3) is 5.88 Å². The largest absolute Gasteiger partial charge is 0.506 e. The maximum Gasteiger partial charge on any atom is 0.258 e. The van der Waals surface area contributed by atoms with E-state index in [1.54, 1.807) is 0 Å². The normalized spacial score (nSPS) is 20.7. The van der Waals surface area contributed by atoms with Crippen molar-refractivity contribution in [1.29, 1.82) is 0 Å². The SMILES string of the molecule is Oc1cnc2c(c1)OCC(c1ccc(C3CC3)cc1)O2. The highest BCUT2D eigenvalue weighted by atomic mass is 16.6. The van der Waals surface area contributed by atoms with Gasteiger partial charge in [-0.2, -0.15) is 0 Å². The second kappa shape index (κ2) is 4.40. The minimum atomic E-state index is -0.146. The van der Waals surface area contributed by atoms with Crippen molar-refractivity contribution in [1.82, 2.24) is 4.98 Å². The average Bonchev–Trinajstić information content (AvgIpc) is 3.32. The molecule has 1 fully saturated rings. The van der Waals surface area contributed by atoms with E-state index in [0.29, 0.717) is 18.2 Å². The lowest BCUT2D eigenvalue weighted by Crippen LogP contribution is -2.22. The Hall–Kier alpha value is -2.23. The number of aromatic hydroxyl groups is 1. The molecule has 1 aliphatic heterocycles. The fraction of sp³-hybridized carbons (Fsp3) is 0.312. The molecular formula is C16H15NO3. The summed E-state index contributed by atoms with van der Waals surface area (Å²) in [5.74, 6) is 1.78. The van der Waals surface area contributed by atoms with Gasteiger partial charge in [0.05, 0.1) is 6.20 Å². The third-order valence-electron chi connectivity index (χ3n) is 3.80. The van der Waals surface area contributed by atoms with Gasteiger partial charge in [0.15, 0.2) is 11.9 Å². The number of ether oxygens (including phenoxy) is 2. The van der Waals surface area contributed by atoms with Crippen LogP contribution in [0.1, 0.15) is 36.0 Å². The second-order valence-corrected chi connectivity index (χ2v) is 5.36. The summed E-state index contributed by atoms with van der Waals surface area (Å²) in [5, 5.41) is 9.36. The zero-order valence-electron chi connectivity index (χ0n) is 11.0. The van der Waals surface area contributed by atoms with Crippen LogP contribution < -0.4 is 9.47 Å². The predicted octanol–water partition coefficient (Wildman–Crippen LogP) is 3.18. The van der Waals surface area contributed by atoms with Crippen molar-refractivity contribution in [2.75, 3.05) is 6.61 Å². The Morgan fingerprint density at radius 1 is 1.10 bits per heavy atom. The molecule has 0 bridgehead atoms. The van der Waals surface area contributed by atoms with E-state index in [9.17, 15) is 5.11 Å². The third kappa shape index (κ3) is 2.07. The zero-order chi connectivity index (χ0) is 13.5. The molecule has 0 radical (unpaired) electrons. The van der Waals surface area contributed by atoms with Crippen LogP contribution in [0.5, 0.6) is 17.4 Å². The lowest BCUT2D eigenvalue weighted by Gasteiger charge is -2.25. The molecule has 1 atom stereocenters. The summed E-state index contributed by atoms with van der Waals surface area (Å²) >= 11 is 0. The van der Waals surface area contributed by atoms with Gasteiger partial charge in [-0.05, 0) is 29.9 Å². The lowest BCUT2D eigenvalue weighted by molar-refractivity contribution is 0.0846. The molecule has 1 aliphatic carbocycles. The van der Waals surface area contributed by atoms with Crippen molar-refractivity contribution < 1.29 is 14.6 Å². The van der Waals surface area contributed by atoms with Crippen molar-refractivity contribution in [3.8, 4) is 17.4 Å². The monoisotopic (exact) mass is 269 g/mol. The number of fused-ring (bicyclic) bond motifs is 1. The minimum Gasteiger partial charge on any atom is -0.506 e. The summed E-state index contributed by atoms with van der Waals surface area (Å²) in [7, 11) is 0. The first-order chi connectivity index (χ1) is 9.79. The number of benzene rings is 1. The zero-order valence-corrected chi connectivity index (χ0v) is 11.0. The smallest absolute Gasteiger partial charge is 0.258 e. The summed E-state index contributed by atoms with van der Waals surface area (Å²) < 4.78 is 11.5. The van der Waals surface area contributed by atoms with E-state index in [-0.39, 0.29) is 11.9 Å². The highest BCUT2D eigenvalue weighted by molar-refractivity contribution is 5.40. The summed E-state index contributed by atoms with van der Waals surface area (Å²) in [6.45, 7) is 0.431. The highest BCUT2D eigenvalue weighted by Crippen LogP contribution is 2.41. The van der Waals surface area contributed by atoms with Crippen molar-refractivity contribution in [2.45, 2.75) is 24.9 Å². The van der Waals surface area contributed by atoms with Gasteiger partial charge < -0.3 is 14.6 Å². The Morgan fingerprint density at radius 3 is 2.60 bits per heavy atom. The molecule has 0 spiro atoms. The molecule has 20 heavy (non-hydrogen) atoms. The van der Waals surface area contributed by atoms with Gasteiger partial charge in [0, 0.05) is 6.07 Å². The van der Waals surface area contributed by atoms with E-state index < -0.39 is 0 Å². The first-order valence-corrected chi connectivity index (χ1v) is 6.88.